The van der Waals surface area contributed by atoms with Crippen LogP contribution in [0.15, 0.2) is 12.2 Å². The Morgan fingerprint density at radius 3 is 2.41 bits per heavy atom. The van der Waals surface area contributed by atoms with E-state index in [1.54, 1.807) is 6.08 Å². The molecule has 0 heterocycles. The molecule has 0 N–H and O–H groups in total. The molecular formula is C19H29NO2. The van der Waals surface area contributed by atoms with E-state index in [-0.39, 0.29) is 18.0 Å². The van der Waals surface area contributed by atoms with Gasteiger partial charge in [0.15, 0.2) is 0 Å². The van der Waals surface area contributed by atoms with Gasteiger partial charge in [0.05, 0.1) is 12.0 Å². The average Bonchev–Trinajstić information content (AvgIpc) is 2.55. The van der Waals surface area contributed by atoms with Crippen LogP contribution in [0.2, 0.25) is 0 Å². The first-order valence-electron chi connectivity index (χ1n) is 8.99. The van der Waals surface area contributed by atoms with Gasteiger partial charge in [0, 0.05) is 6.08 Å². The van der Waals surface area contributed by atoms with Crippen molar-refractivity contribution in [3.63, 3.8) is 0 Å². The molecule has 0 aromatic carbocycles. The van der Waals surface area contributed by atoms with Gasteiger partial charge in [-0.1, -0.05) is 25.8 Å². The summed E-state index contributed by atoms with van der Waals surface area (Å²) in [4.78, 5) is 12.3. The minimum absolute atomic E-state index is 0.0472. The zero-order valence-corrected chi connectivity index (χ0v) is 13.8. The van der Waals surface area contributed by atoms with Crippen LogP contribution < -0.4 is 0 Å². The Hall–Kier alpha value is -1.30. The molecule has 0 aromatic rings. The Bertz CT molecular complexity index is 408. The van der Waals surface area contributed by atoms with Gasteiger partial charge in [0.2, 0.25) is 0 Å². The zero-order chi connectivity index (χ0) is 15.8. The van der Waals surface area contributed by atoms with E-state index in [9.17, 15) is 4.79 Å². The molecule has 3 nitrogen and oxygen atoms in total. The molecule has 0 atom stereocenters. The number of nitrogens with zero attached hydrogens (tertiary/aromatic N) is 1. The van der Waals surface area contributed by atoms with Crippen LogP contribution in [0.3, 0.4) is 0 Å². The summed E-state index contributed by atoms with van der Waals surface area (Å²) >= 11 is 0. The maximum atomic E-state index is 12.3. The fourth-order valence-electron chi connectivity index (χ4n) is 3.93. The standard InChI is InChI=1S/C19H29NO2/c1-2-4-15-6-10-17(11-7-15)19(21)22-18-12-8-16(9-13-18)5-3-14-20/h3,5,15-18H,2,4,6-13H2,1H3/b5-3+. The Labute approximate surface area is 134 Å². The van der Waals surface area contributed by atoms with E-state index in [1.807, 2.05) is 12.1 Å². The van der Waals surface area contributed by atoms with E-state index < -0.39 is 0 Å². The van der Waals surface area contributed by atoms with Crippen LogP contribution in [-0.4, -0.2) is 12.1 Å². The summed E-state index contributed by atoms with van der Waals surface area (Å²) in [6.07, 6.45) is 14.6. The summed E-state index contributed by atoms with van der Waals surface area (Å²) in [5.74, 6) is 1.51. The van der Waals surface area contributed by atoms with Crippen molar-refractivity contribution in [2.24, 2.45) is 17.8 Å². The van der Waals surface area contributed by atoms with Crippen molar-refractivity contribution >= 4 is 5.97 Å². The predicted octanol–water partition coefficient (Wildman–Crippen LogP) is 4.77. The molecule has 2 aliphatic carbocycles. The van der Waals surface area contributed by atoms with Gasteiger partial charge < -0.3 is 4.74 Å². The molecule has 2 fully saturated rings. The van der Waals surface area contributed by atoms with Crippen molar-refractivity contribution < 1.29 is 9.53 Å². The Balaban J connectivity index is 1.68. The minimum Gasteiger partial charge on any atom is -0.462 e. The van der Waals surface area contributed by atoms with E-state index in [1.165, 1.54) is 25.7 Å². The normalized spacial score (nSPS) is 32.5. The number of hydrogen-bond acceptors (Lipinski definition) is 3. The van der Waals surface area contributed by atoms with E-state index in [0.717, 1.165) is 44.4 Å². The van der Waals surface area contributed by atoms with Crippen molar-refractivity contribution in [3.8, 4) is 6.07 Å². The Kier molecular flexibility index (Phi) is 6.96. The molecule has 2 saturated carbocycles. The molecular weight excluding hydrogens is 274 g/mol. The molecule has 2 aliphatic rings. The van der Waals surface area contributed by atoms with Crippen molar-refractivity contribution in [2.75, 3.05) is 0 Å². The van der Waals surface area contributed by atoms with Gasteiger partial charge in [-0.2, -0.15) is 5.26 Å². The predicted molar refractivity (Wildman–Crippen MR) is 86.9 cm³/mol. The second kappa shape index (κ2) is 8.98. The molecule has 2 rings (SSSR count). The Morgan fingerprint density at radius 1 is 1.14 bits per heavy atom. The maximum absolute atomic E-state index is 12.3. The monoisotopic (exact) mass is 303 g/mol. The zero-order valence-electron chi connectivity index (χ0n) is 13.8. The first kappa shape index (κ1) is 17.1. The van der Waals surface area contributed by atoms with E-state index in [0.29, 0.717) is 5.92 Å². The number of carbonyl (C=O) groups excluding carboxylic acids is 1. The summed E-state index contributed by atoms with van der Waals surface area (Å²) in [5, 5.41) is 8.56. The van der Waals surface area contributed by atoms with Crippen molar-refractivity contribution in [1.82, 2.24) is 0 Å². The summed E-state index contributed by atoms with van der Waals surface area (Å²) < 4.78 is 5.75. The van der Waals surface area contributed by atoms with E-state index in [4.69, 9.17) is 10.00 Å². The molecule has 0 saturated heterocycles. The average molecular weight is 303 g/mol. The van der Waals surface area contributed by atoms with Crippen LogP contribution in [0.1, 0.15) is 71.1 Å². The van der Waals surface area contributed by atoms with Crippen LogP contribution in [-0.2, 0) is 9.53 Å². The topological polar surface area (TPSA) is 50.1 Å². The molecule has 22 heavy (non-hydrogen) atoms. The maximum Gasteiger partial charge on any atom is 0.309 e. The van der Waals surface area contributed by atoms with Gasteiger partial charge in [-0.15, -0.1) is 0 Å². The molecule has 0 bridgehead atoms. The summed E-state index contributed by atoms with van der Waals surface area (Å²) in [6.45, 7) is 2.24. The lowest BCUT2D eigenvalue weighted by Gasteiger charge is -2.30. The summed E-state index contributed by atoms with van der Waals surface area (Å²) in [5.41, 5.74) is 0. The highest BCUT2D eigenvalue weighted by Gasteiger charge is 2.30. The smallest absolute Gasteiger partial charge is 0.309 e. The molecule has 0 radical (unpaired) electrons. The number of carbonyl (C=O) groups is 1. The fraction of sp³-hybridized carbons (Fsp3) is 0.789. The summed E-state index contributed by atoms with van der Waals surface area (Å²) in [6, 6.07) is 2.05. The third kappa shape index (κ3) is 5.16. The number of nitriles is 1. The first-order valence-corrected chi connectivity index (χ1v) is 8.99. The van der Waals surface area contributed by atoms with Gasteiger partial charge in [-0.3, -0.25) is 4.79 Å². The van der Waals surface area contributed by atoms with Crippen LogP contribution in [0, 0.1) is 29.1 Å². The largest absolute Gasteiger partial charge is 0.462 e. The lowest BCUT2D eigenvalue weighted by molar-refractivity contribution is -0.157. The number of esters is 1. The van der Waals surface area contributed by atoms with Gasteiger partial charge in [0.1, 0.15) is 6.10 Å². The summed E-state index contributed by atoms with van der Waals surface area (Å²) in [7, 11) is 0. The SMILES string of the molecule is CCCC1CCC(C(=O)OC2CCC(/C=C/C#N)CC2)CC1. The molecule has 3 heteroatoms. The third-order valence-corrected chi connectivity index (χ3v) is 5.32. The highest BCUT2D eigenvalue weighted by Crippen LogP contribution is 2.33. The van der Waals surface area contributed by atoms with E-state index >= 15 is 0 Å². The number of hydrogen-bond donors (Lipinski definition) is 0. The second-order valence-electron chi connectivity index (χ2n) is 6.97. The van der Waals surface area contributed by atoms with Crippen LogP contribution >= 0.6 is 0 Å². The lowest BCUT2D eigenvalue weighted by atomic mass is 9.80. The van der Waals surface area contributed by atoms with Crippen LogP contribution in [0.25, 0.3) is 0 Å². The molecule has 0 aromatic heterocycles. The van der Waals surface area contributed by atoms with Gasteiger partial charge in [-0.25, -0.2) is 0 Å². The molecule has 0 spiro atoms. The fourth-order valence-corrected chi connectivity index (χ4v) is 3.93. The van der Waals surface area contributed by atoms with Gasteiger partial charge in [0.25, 0.3) is 0 Å². The lowest BCUT2D eigenvalue weighted by Crippen LogP contribution is -2.29. The van der Waals surface area contributed by atoms with Gasteiger partial charge >= 0.3 is 5.97 Å². The second-order valence-corrected chi connectivity index (χ2v) is 6.97. The van der Waals surface area contributed by atoms with Crippen molar-refractivity contribution in [3.05, 3.63) is 12.2 Å². The van der Waals surface area contributed by atoms with Crippen molar-refractivity contribution in [2.45, 2.75) is 77.2 Å². The molecule has 0 unspecified atom stereocenters. The number of allylic oxidation sites excluding steroid dienone is 2. The molecule has 0 aliphatic heterocycles. The molecule has 0 amide bonds. The number of ether oxygens (including phenoxy) is 1. The number of rotatable bonds is 5. The third-order valence-electron chi connectivity index (χ3n) is 5.32. The minimum atomic E-state index is 0.0472. The van der Waals surface area contributed by atoms with Crippen molar-refractivity contribution in [1.29, 1.82) is 5.26 Å². The first-order chi connectivity index (χ1) is 10.7. The van der Waals surface area contributed by atoms with Crippen LogP contribution in [0.4, 0.5) is 0 Å². The highest BCUT2D eigenvalue weighted by atomic mass is 16.5. The van der Waals surface area contributed by atoms with Crippen LogP contribution in [0.5, 0.6) is 0 Å². The Morgan fingerprint density at radius 2 is 1.82 bits per heavy atom. The van der Waals surface area contributed by atoms with E-state index in [2.05, 4.69) is 6.92 Å². The van der Waals surface area contributed by atoms with Gasteiger partial charge in [-0.05, 0) is 63.2 Å². The molecule has 122 valence electrons. The highest BCUT2D eigenvalue weighted by molar-refractivity contribution is 5.72. The quantitative estimate of drug-likeness (QED) is 0.542.